The second kappa shape index (κ2) is 14.4. The summed E-state index contributed by atoms with van der Waals surface area (Å²) in [4.78, 5) is 4.65. The molecule has 2 heterocycles. The molecule has 3 rings (SSSR count). The molecule has 174 valence electrons. The normalized spacial score (nSPS) is 10.9. The van der Waals surface area contributed by atoms with E-state index in [1.807, 2.05) is 18.3 Å². The molecule has 3 aromatic rings. The lowest BCUT2D eigenvalue weighted by Gasteiger charge is -2.15. The van der Waals surface area contributed by atoms with Crippen molar-refractivity contribution >= 4 is 6.08 Å². The highest BCUT2D eigenvalue weighted by atomic mass is 15.0. The molecule has 0 bridgehead atoms. The molecule has 0 radical (unpaired) electrons. The predicted octanol–water partition coefficient (Wildman–Crippen LogP) is 8.06. The van der Waals surface area contributed by atoms with E-state index in [9.17, 15) is 0 Å². The van der Waals surface area contributed by atoms with Crippen molar-refractivity contribution in [3.8, 4) is 5.82 Å². The van der Waals surface area contributed by atoms with Crippen molar-refractivity contribution in [2.24, 2.45) is 0 Å². The van der Waals surface area contributed by atoms with Gasteiger partial charge in [0.2, 0.25) is 0 Å². The van der Waals surface area contributed by atoms with Crippen LogP contribution in [0.4, 0.5) is 0 Å². The van der Waals surface area contributed by atoms with E-state index in [4.69, 9.17) is 0 Å². The minimum atomic E-state index is 0.920. The summed E-state index contributed by atoms with van der Waals surface area (Å²) in [5.41, 5.74) is 5.31. The summed E-state index contributed by atoms with van der Waals surface area (Å²) in [7, 11) is 0. The largest absolute Gasteiger partial charge is 0.327 e. The average molecular weight is 442 g/mol. The van der Waals surface area contributed by atoms with Crippen LogP contribution in [-0.2, 0) is 12.8 Å². The third kappa shape index (κ3) is 7.96. The Morgan fingerprint density at radius 2 is 1.45 bits per heavy atom. The van der Waals surface area contributed by atoms with Gasteiger partial charge in [0, 0.05) is 24.5 Å². The van der Waals surface area contributed by atoms with E-state index in [1.54, 1.807) is 0 Å². The highest BCUT2D eigenvalue weighted by Crippen LogP contribution is 2.21. The zero-order valence-corrected chi connectivity index (χ0v) is 20.5. The molecule has 0 unspecified atom stereocenters. The van der Waals surface area contributed by atoms with E-state index < -0.39 is 0 Å². The summed E-state index contributed by atoms with van der Waals surface area (Å²) in [6.45, 7) is 6.39. The number of benzene rings is 1. The van der Waals surface area contributed by atoms with Crippen LogP contribution in [0.2, 0.25) is 0 Å². The molecule has 2 aromatic heterocycles. The Bertz CT molecular complexity index is 947. The van der Waals surface area contributed by atoms with Gasteiger partial charge in [0.15, 0.2) is 0 Å². The van der Waals surface area contributed by atoms with Gasteiger partial charge in [-0.3, -0.25) is 0 Å². The second-order valence-corrected chi connectivity index (χ2v) is 9.05. The number of rotatable bonds is 15. The van der Waals surface area contributed by atoms with E-state index in [0.717, 1.165) is 18.7 Å². The SMILES string of the molecule is C=Cc1cc[n+](-c2ccccn2)c(CCCCCCCCCCCC)c1Cc1ccccc1. The van der Waals surface area contributed by atoms with Gasteiger partial charge in [-0.2, -0.15) is 0 Å². The van der Waals surface area contributed by atoms with Crippen LogP contribution in [-0.4, -0.2) is 4.98 Å². The van der Waals surface area contributed by atoms with Crippen molar-refractivity contribution in [3.05, 3.63) is 96.0 Å². The van der Waals surface area contributed by atoms with Gasteiger partial charge in [-0.25, -0.2) is 4.57 Å². The highest BCUT2D eigenvalue weighted by molar-refractivity contribution is 5.53. The van der Waals surface area contributed by atoms with Gasteiger partial charge < -0.3 is 0 Å². The van der Waals surface area contributed by atoms with Crippen molar-refractivity contribution in [3.63, 3.8) is 0 Å². The fourth-order valence-electron chi connectivity index (χ4n) is 4.61. The lowest BCUT2D eigenvalue weighted by molar-refractivity contribution is -0.608. The maximum absolute atomic E-state index is 4.65. The average Bonchev–Trinajstić information content (AvgIpc) is 2.87. The number of aromatic nitrogens is 2. The van der Waals surface area contributed by atoms with Gasteiger partial charge in [-0.05, 0) is 34.7 Å². The zero-order chi connectivity index (χ0) is 23.1. The molecule has 2 heteroatoms. The van der Waals surface area contributed by atoms with E-state index >= 15 is 0 Å². The molecule has 0 saturated carbocycles. The summed E-state index contributed by atoms with van der Waals surface area (Å²) in [6.07, 6.45) is 21.6. The Balaban J connectivity index is 1.70. The lowest BCUT2D eigenvalue weighted by Crippen LogP contribution is -2.38. The maximum atomic E-state index is 4.65. The predicted molar refractivity (Wildman–Crippen MR) is 141 cm³/mol. The number of nitrogens with zero attached hydrogens (tertiary/aromatic N) is 2. The van der Waals surface area contributed by atoms with Crippen molar-refractivity contribution in [1.29, 1.82) is 0 Å². The summed E-state index contributed by atoms with van der Waals surface area (Å²) in [5, 5.41) is 0. The Hall–Kier alpha value is -2.74. The molecule has 0 atom stereocenters. The first kappa shape index (κ1) is 24.9. The lowest BCUT2D eigenvalue weighted by atomic mass is 9.95. The smallest absolute Gasteiger partial charge is 0.200 e. The number of unbranched alkanes of at least 4 members (excludes halogenated alkanes) is 9. The van der Waals surface area contributed by atoms with Gasteiger partial charge in [-0.15, -0.1) is 0 Å². The molecule has 1 aromatic carbocycles. The molecule has 0 aliphatic rings. The topological polar surface area (TPSA) is 16.8 Å². The fraction of sp³-hybridized carbons (Fsp3) is 0.419. The molecule has 2 nitrogen and oxygen atoms in total. The van der Waals surface area contributed by atoms with Crippen LogP contribution in [0.25, 0.3) is 11.9 Å². The van der Waals surface area contributed by atoms with Crippen molar-refractivity contribution < 1.29 is 4.57 Å². The molecule has 0 aliphatic carbocycles. The molecular weight excluding hydrogens is 400 g/mol. The minimum absolute atomic E-state index is 0.920. The third-order valence-electron chi connectivity index (χ3n) is 6.50. The quantitative estimate of drug-likeness (QED) is 0.172. The monoisotopic (exact) mass is 441 g/mol. The Kier molecular flexibility index (Phi) is 10.9. The first-order valence-corrected chi connectivity index (χ1v) is 13.0. The first-order valence-electron chi connectivity index (χ1n) is 13.0. The van der Waals surface area contributed by atoms with Gasteiger partial charge in [0.1, 0.15) is 11.9 Å². The molecule has 0 saturated heterocycles. The van der Waals surface area contributed by atoms with Crippen LogP contribution in [0.5, 0.6) is 0 Å². The molecular formula is C31H41N2+. The minimum Gasteiger partial charge on any atom is -0.200 e. The molecule has 0 spiro atoms. The zero-order valence-electron chi connectivity index (χ0n) is 20.5. The van der Waals surface area contributed by atoms with Crippen LogP contribution in [0.1, 0.15) is 93.5 Å². The van der Waals surface area contributed by atoms with Gasteiger partial charge in [-0.1, -0.05) is 114 Å². The number of hydrogen-bond donors (Lipinski definition) is 0. The molecule has 0 fully saturated rings. The van der Waals surface area contributed by atoms with E-state index in [1.165, 1.54) is 86.6 Å². The van der Waals surface area contributed by atoms with E-state index in [0.29, 0.717) is 0 Å². The molecule has 0 N–H and O–H groups in total. The van der Waals surface area contributed by atoms with Crippen molar-refractivity contribution in [2.75, 3.05) is 0 Å². The van der Waals surface area contributed by atoms with E-state index in [-0.39, 0.29) is 0 Å². The molecule has 33 heavy (non-hydrogen) atoms. The van der Waals surface area contributed by atoms with Crippen molar-refractivity contribution in [1.82, 2.24) is 4.98 Å². The van der Waals surface area contributed by atoms with Crippen molar-refractivity contribution in [2.45, 2.75) is 84.0 Å². The van der Waals surface area contributed by atoms with Crippen LogP contribution in [0.15, 0.2) is 73.6 Å². The second-order valence-electron chi connectivity index (χ2n) is 9.05. The van der Waals surface area contributed by atoms with Crippen LogP contribution in [0, 0.1) is 0 Å². The fourth-order valence-corrected chi connectivity index (χ4v) is 4.61. The third-order valence-corrected chi connectivity index (χ3v) is 6.50. The summed E-state index contributed by atoms with van der Waals surface area (Å²) < 4.78 is 2.29. The Morgan fingerprint density at radius 3 is 2.09 bits per heavy atom. The summed E-state index contributed by atoms with van der Waals surface area (Å²) in [5.74, 6) is 0.990. The van der Waals surface area contributed by atoms with E-state index in [2.05, 4.69) is 77.8 Å². The van der Waals surface area contributed by atoms with Crippen LogP contribution in [0.3, 0.4) is 0 Å². The van der Waals surface area contributed by atoms with Gasteiger partial charge in [0.05, 0.1) is 6.20 Å². The number of pyridine rings is 2. The van der Waals surface area contributed by atoms with Gasteiger partial charge >= 0.3 is 5.82 Å². The maximum Gasteiger partial charge on any atom is 0.327 e. The number of hydrogen-bond acceptors (Lipinski definition) is 1. The van der Waals surface area contributed by atoms with Crippen LogP contribution < -0.4 is 4.57 Å². The molecule has 0 aliphatic heterocycles. The molecule has 0 amide bonds. The van der Waals surface area contributed by atoms with Gasteiger partial charge in [0.25, 0.3) is 0 Å². The highest BCUT2D eigenvalue weighted by Gasteiger charge is 2.19. The van der Waals surface area contributed by atoms with Crippen LogP contribution >= 0.6 is 0 Å². The summed E-state index contributed by atoms with van der Waals surface area (Å²) in [6, 6.07) is 19.1. The summed E-state index contributed by atoms with van der Waals surface area (Å²) >= 11 is 0. The Morgan fingerprint density at radius 1 is 0.788 bits per heavy atom. The standard InChI is InChI=1S/C31H41N2/c1-3-5-6-7-8-9-10-11-12-16-21-30-29(26-27-19-14-13-15-20-27)28(4-2)23-25-33(30)31-22-17-18-24-32-31/h4,13-15,17-20,22-25H,2-3,5-12,16,21,26H2,1H3/q+1. The Labute approximate surface area is 201 Å². The first-order chi connectivity index (χ1) is 16.3.